The number of nitrogens with zero attached hydrogens (tertiary/aromatic N) is 3. The summed E-state index contributed by atoms with van der Waals surface area (Å²) >= 11 is 9.33. The second kappa shape index (κ2) is 8.10. The van der Waals surface area contributed by atoms with Crippen molar-refractivity contribution in [2.45, 2.75) is 13.5 Å². The first-order valence-corrected chi connectivity index (χ1v) is 10.9. The van der Waals surface area contributed by atoms with E-state index in [4.69, 9.17) is 11.6 Å². The van der Waals surface area contributed by atoms with Crippen molar-refractivity contribution < 1.29 is 4.79 Å². The van der Waals surface area contributed by atoms with Crippen LogP contribution in [0, 0.1) is 6.92 Å². The monoisotopic (exact) mass is 417 g/mol. The third-order valence-electron chi connectivity index (χ3n) is 4.68. The molecule has 1 amide bonds. The van der Waals surface area contributed by atoms with Crippen molar-refractivity contribution >= 4 is 40.2 Å². The van der Waals surface area contributed by atoms with Gasteiger partial charge in [-0.05, 0) is 30.5 Å². The number of hydrogen-bond donors (Lipinski definition) is 0. The molecule has 7 heteroatoms. The first kappa shape index (κ1) is 18.6. The van der Waals surface area contributed by atoms with E-state index in [-0.39, 0.29) is 5.91 Å². The van der Waals surface area contributed by atoms with Gasteiger partial charge in [-0.3, -0.25) is 9.69 Å². The summed E-state index contributed by atoms with van der Waals surface area (Å²) in [5.74, 6) is 0.0917. The highest BCUT2D eigenvalue weighted by atomic mass is 35.5. The van der Waals surface area contributed by atoms with Crippen LogP contribution >= 0.6 is 34.3 Å². The van der Waals surface area contributed by atoms with Crippen LogP contribution in [0.25, 0.3) is 10.6 Å². The van der Waals surface area contributed by atoms with Crippen molar-refractivity contribution in [2.24, 2.45) is 0 Å². The molecule has 1 aliphatic rings. The maximum Gasteiger partial charge on any atom is 0.265 e. The zero-order chi connectivity index (χ0) is 18.8. The van der Waals surface area contributed by atoms with Gasteiger partial charge in [-0.1, -0.05) is 29.8 Å². The fourth-order valence-corrected chi connectivity index (χ4v) is 5.18. The van der Waals surface area contributed by atoms with E-state index < -0.39 is 0 Å². The minimum absolute atomic E-state index is 0.0917. The lowest BCUT2D eigenvalue weighted by atomic mass is 10.2. The summed E-state index contributed by atoms with van der Waals surface area (Å²) < 4.78 is 0. The number of benzene rings is 1. The molecule has 1 saturated heterocycles. The number of halogens is 1. The van der Waals surface area contributed by atoms with Crippen LogP contribution in [0.5, 0.6) is 0 Å². The van der Waals surface area contributed by atoms with Crippen LogP contribution in [-0.2, 0) is 6.54 Å². The molecule has 0 aliphatic carbocycles. The molecule has 0 bridgehead atoms. The highest BCUT2D eigenvalue weighted by Gasteiger charge is 2.25. The van der Waals surface area contributed by atoms with Crippen molar-refractivity contribution in [3.63, 3.8) is 0 Å². The van der Waals surface area contributed by atoms with Gasteiger partial charge in [0.1, 0.15) is 9.88 Å². The van der Waals surface area contributed by atoms with Crippen LogP contribution < -0.4 is 0 Å². The fourth-order valence-electron chi connectivity index (χ4n) is 3.22. The zero-order valence-corrected chi connectivity index (χ0v) is 17.4. The van der Waals surface area contributed by atoms with Gasteiger partial charge in [0.2, 0.25) is 0 Å². The maximum absolute atomic E-state index is 13.0. The molecular weight excluding hydrogens is 398 g/mol. The molecule has 3 heterocycles. The van der Waals surface area contributed by atoms with Gasteiger partial charge in [0, 0.05) is 48.2 Å². The van der Waals surface area contributed by atoms with Gasteiger partial charge < -0.3 is 4.90 Å². The molecule has 1 fully saturated rings. The Morgan fingerprint density at radius 2 is 2.00 bits per heavy atom. The molecule has 27 heavy (non-hydrogen) atoms. The second-order valence-electron chi connectivity index (χ2n) is 6.59. The van der Waals surface area contributed by atoms with Gasteiger partial charge in [-0.15, -0.1) is 22.7 Å². The predicted octanol–water partition coefficient (Wildman–Crippen LogP) is 4.79. The molecule has 0 unspecified atom stereocenters. The normalized spacial score (nSPS) is 15.3. The van der Waals surface area contributed by atoms with E-state index in [0.717, 1.165) is 53.9 Å². The smallest absolute Gasteiger partial charge is 0.265 e. The van der Waals surface area contributed by atoms with Crippen LogP contribution in [0.3, 0.4) is 0 Å². The Morgan fingerprint density at radius 1 is 1.19 bits per heavy atom. The average molecular weight is 418 g/mol. The Balaban J connectivity index is 1.43. The Hall–Kier alpha value is -1.73. The quantitative estimate of drug-likeness (QED) is 0.612. The number of rotatable bonds is 4. The van der Waals surface area contributed by atoms with E-state index in [1.807, 2.05) is 36.1 Å². The molecular formula is C20H20ClN3OS2. The number of carbonyl (C=O) groups excluding carboxylic acids is 1. The van der Waals surface area contributed by atoms with Crippen LogP contribution in [0.2, 0.25) is 5.02 Å². The Morgan fingerprint density at radius 3 is 2.70 bits per heavy atom. The predicted molar refractivity (Wildman–Crippen MR) is 113 cm³/mol. The van der Waals surface area contributed by atoms with Gasteiger partial charge in [0.25, 0.3) is 5.91 Å². The number of thiazole rings is 1. The number of thiophene rings is 1. The summed E-state index contributed by atoms with van der Waals surface area (Å²) in [6.45, 7) is 6.20. The van der Waals surface area contributed by atoms with E-state index in [1.165, 1.54) is 16.2 Å². The van der Waals surface area contributed by atoms with Crippen LogP contribution in [0.15, 0.2) is 41.8 Å². The molecule has 0 atom stereocenters. The molecule has 4 nitrogen and oxygen atoms in total. The van der Waals surface area contributed by atoms with Crippen LogP contribution in [0.4, 0.5) is 0 Å². The van der Waals surface area contributed by atoms with Gasteiger partial charge in [-0.2, -0.15) is 0 Å². The maximum atomic E-state index is 13.0. The number of carbonyl (C=O) groups is 1. The Bertz CT molecular complexity index is 931. The second-order valence-corrected chi connectivity index (χ2v) is 9.06. The summed E-state index contributed by atoms with van der Waals surface area (Å²) in [7, 11) is 0. The van der Waals surface area contributed by atoms with E-state index in [9.17, 15) is 4.79 Å². The van der Waals surface area contributed by atoms with Crippen molar-refractivity contribution in [3.05, 3.63) is 62.2 Å². The first-order valence-electron chi connectivity index (χ1n) is 8.87. The largest absolute Gasteiger partial charge is 0.335 e. The molecule has 1 aliphatic heterocycles. The standard InChI is InChI=1S/C20H20ClN3OS2/c1-14-18(27-19(22-14)15-4-2-5-16(21)12-15)20(25)24-9-7-23(8-10-24)13-17-6-3-11-26-17/h2-6,11-12H,7-10,13H2,1H3. The van der Waals surface area contributed by atoms with E-state index >= 15 is 0 Å². The molecule has 0 spiro atoms. The highest BCUT2D eigenvalue weighted by molar-refractivity contribution is 7.17. The number of amides is 1. The van der Waals surface area contributed by atoms with E-state index in [1.54, 1.807) is 11.3 Å². The van der Waals surface area contributed by atoms with Crippen molar-refractivity contribution in [2.75, 3.05) is 26.2 Å². The molecule has 2 aromatic heterocycles. The van der Waals surface area contributed by atoms with E-state index in [2.05, 4.69) is 27.4 Å². The van der Waals surface area contributed by atoms with Gasteiger partial charge in [0.05, 0.1) is 5.69 Å². The van der Waals surface area contributed by atoms with Crippen molar-refractivity contribution in [1.29, 1.82) is 0 Å². The van der Waals surface area contributed by atoms with Crippen molar-refractivity contribution in [3.8, 4) is 10.6 Å². The Kier molecular flexibility index (Phi) is 5.59. The molecule has 0 N–H and O–H groups in total. The summed E-state index contributed by atoms with van der Waals surface area (Å²) in [4.78, 5) is 24.1. The molecule has 0 radical (unpaired) electrons. The molecule has 3 aromatic rings. The third-order valence-corrected chi connectivity index (χ3v) is 6.97. The summed E-state index contributed by atoms with van der Waals surface area (Å²) in [5.41, 5.74) is 1.75. The molecule has 4 rings (SSSR count). The van der Waals surface area contributed by atoms with Gasteiger partial charge >= 0.3 is 0 Å². The number of aryl methyl sites for hydroxylation is 1. The molecule has 140 valence electrons. The number of piperazine rings is 1. The highest BCUT2D eigenvalue weighted by Crippen LogP contribution is 2.30. The summed E-state index contributed by atoms with van der Waals surface area (Å²) in [6.07, 6.45) is 0. The minimum atomic E-state index is 0.0917. The lowest BCUT2D eigenvalue weighted by molar-refractivity contribution is 0.0633. The van der Waals surface area contributed by atoms with Crippen LogP contribution in [0.1, 0.15) is 20.2 Å². The number of aromatic nitrogens is 1. The first-order chi connectivity index (χ1) is 13.1. The lowest BCUT2D eigenvalue weighted by Gasteiger charge is -2.34. The fraction of sp³-hybridized carbons (Fsp3) is 0.300. The average Bonchev–Trinajstić information content (AvgIpc) is 3.31. The summed E-state index contributed by atoms with van der Waals surface area (Å²) in [6, 6.07) is 11.9. The summed E-state index contributed by atoms with van der Waals surface area (Å²) in [5, 5.41) is 3.63. The van der Waals surface area contributed by atoms with Crippen LogP contribution in [-0.4, -0.2) is 46.9 Å². The number of hydrogen-bond acceptors (Lipinski definition) is 5. The molecule has 1 aromatic carbocycles. The SMILES string of the molecule is Cc1nc(-c2cccc(Cl)c2)sc1C(=O)N1CCN(Cc2cccs2)CC1. The topological polar surface area (TPSA) is 36.4 Å². The van der Waals surface area contributed by atoms with Gasteiger partial charge in [0.15, 0.2) is 0 Å². The van der Waals surface area contributed by atoms with Gasteiger partial charge in [-0.25, -0.2) is 4.98 Å². The Labute approximate surface area is 172 Å². The van der Waals surface area contributed by atoms with Crippen molar-refractivity contribution in [1.82, 2.24) is 14.8 Å². The lowest BCUT2D eigenvalue weighted by Crippen LogP contribution is -2.48. The molecule has 0 saturated carbocycles. The third kappa shape index (κ3) is 4.24. The van der Waals surface area contributed by atoms with E-state index in [0.29, 0.717) is 5.02 Å². The zero-order valence-electron chi connectivity index (χ0n) is 15.0. The minimum Gasteiger partial charge on any atom is -0.335 e.